The molecule has 0 unspecified atom stereocenters. The summed E-state index contributed by atoms with van der Waals surface area (Å²) in [5.74, 6) is 0.0171. The highest BCUT2D eigenvalue weighted by Crippen LogP contribution is 2.18. The molecule has 1 saturated heterocycles. The van der Waals surface area contributed by atoms with Crippen LogP contribution in [0.4, 0.5) is 0 Å². The van der Waals surface area contributed by atoms with Crippen molar-refractivity contribution in [3.05, 3.63) is 35.2 Å². The van der Waals surface area contributed by atoms with Crippen LogP contribution in [-0.4, -0.2) is 39.8 Å². The molecule has 0 radical (unpaired) electrons. The molecule has 1 amide bonds. The highest BCUT2D eigenvalue weighted by Gasteiger charge is 2.23. The summed E-state index contributed by atoms with van der Waals surface area (Å²) in [5, 5.41) is 12.0. The van der Waals surface area contributed by atoms with E-state index < -0.39 is 0 Å². The second kappa shape index (κ2) is 5.62. The number of nitriles is 1. The number of hydrogen-bond donors (Lipinski definition) is 1. The maximum absolute atomic E-state index is 12.2. The lowest BCUT2D eigenvalue weighted by Crippen LogP contribution is -2.30. The van der Waals surface area contributed by atoms with Crippen molar-refractivity contribution in [3.63, 3.8) is 0 Å². The number of hydrogen-bond acceptors (Lipinski definition) is 4. The van der Waals surface area contributed by atoms with E-state index in [2.05, 4.69) is 16.5 Å². The van der Waals surface area contributed by atoms with Crippen LogP contribution in [-0.2, 0) is 0 Å². The van der Waals surface area contributed by atoms with Gasteiger partial charge in [0.05, 0.1) is 0 Å². The zero-order chi connectivity index (χ0) is 14.8. The van der Waals surface area contributed by atoms with Crippen molar-refractivity contribution in [2.75, 3.05) is 19.6 Å². The number of halogens is 1. The molecular formula is C14H14ClN5O. The predicted molar refractivity (Wildman–Crippen MR) is 77.8 cm³/mol. The first-order chi connectivity index (χ1) is 10.2. The minimum absolute atomic E-state index is 0.234. The first kappa shape index (κ1) is 13.7. The van der Waals surface area contributed by atoms with Crippen molar-refractivity contribution in [3.8, 4) is 6.19 Å². The Morgan fingerprint density at radius 2 is 2.43 bits per heavy atom. The van der Waals surface area contributed by atoms with Gasteiger partial charge in [-0.2, -0.15) is 5.26 Å². The Morgan fingerprint density at radius 1 is 1.57 bits per heavy atom. The zero-order valence-corrected chi connectivity index (χ0v) is 12.0. The van der Waals surface area contributed by atoms with E-state index in [4.69, 9.17) is 16.9 Å². The second-order valence-corrected chi connectivity index (χ2v) is 5.45. The van der Waals surface area contributed by atoms with Crippen LogP contribution < -0.4 is 5.32 Å². The summed E-state index contributed by atoms with van der Waals surface area (Å²) in [6.07, 6.45) is 4.80. The summed E-state index contributed by atoms with van der Waals surface area (Å²) >= 11 is 6.18. The number of likely N-dealkylation sites (tertiary alicyclic amines) is 1. The Bertz CT molecular complexity index is 720. The maximum atomic E-state index is 12.2. The van der Waals surface area contributed by atoms with Crippen LogP contribution in [0.3, 0.4) is 0 Å². The van der Waals surface area contributed by atoms with E-state index in [0.717, 1.165) is 13.0 Å². The van der Waals surface area contributed by atoms with Gasteiger partial charge in [0.1, 0.15) is 10.8 Å². The van der Waals surface area contributed by atoms with Crippen molar-refractivity contribution in [1.82, 2.24) is 19.6 Å². The molecule has 2 aromatic heterocycles. The molecule has 1 fully saturated rings. The average Bonchev–Trinajstić information content (AvgIpc) is 3.10. The Labute approximate surface area is 126 Å². The van der Waals surface area contributed by atoms with E-state index in [1.165, 1.54) is 0 Å². The predicted octanol–water partition coefficient (Wildman–Crippen LogP) is 1.52. The third-order valence-corrected chi connectivity index (χ3v) is 4.03. The summed E-state index contributed by atoms with van der Waals surface area (Å²) < 4.78 is 1.67. The van der Waals surface area contributed by atoms with Crippen LogP contribution in [0.5, 0.6) is 0 Å². The van der Waals surface area contributed by atoms with Crippen molar-refractivity contribution in [1.29, 1.82) is 5.26 Å². The number of fused-ring (bicyclic) bond motifs is 1. The third kappa shape index (κ3) is 2.65. The summed E-state index contributed by atoms with van der Waals surface area (Å²) in [7, 11) is 0. The van der Waals surface area contributed by atoms with Gasteiger partial charge in [-0.3, -0.25) is 9.20 Å². The van der Waals surface area contributed by atoms with Gasteiger partial charge in [-0.1, -0.05) is 17.7 Å². The Kier molecular flexibility index (Phi) is 3.67. The molecule has 7 heteroatoms. The molecule has 0 aliphatic carbocycles. The summed E-state index contributed by atoms with van der Waals surface area (Å²) in [6, 6.07) is 5.47. The van der Waals surface area contributed by atoms with Gasteiger partial charge < -0.3 is 10.2 Å². The molecule has 1 aliphatic rings. The van der Waals surface area contributed by atoms with Crippen LogP contribution in [0.1, 0.15) is 16.9 Å². The smallest absolute Gasteiger partial charge is 0.273 e. The van der Waals surface area contributed by atoms with Gasteiger partial charge in [0, 0.05) is 25.8 Å². The molecule has 0 aromatic carbocycles. The van der Waals surface area contributed by atoms with Gasteiger partial charge in [0.25, 0.3) is 5.91 Å². The molecule has 6 nitrogen and oxygen atoms in total. The number of nitrogens with one attached hydrogen (secondary N) is 1. The fraction of sp³-hybridized carbons (Fsp3) is 0.357. The maximum Gasteiger partial charge on any atom is 0.273 e. The number of aromatic nitrogens is 2. The molecule has 108 valence electrons. The van der Waals surface area contributed by atoms with E-state index in [9.17, 15) is 4.79 Å². The summed E-state index contributed by atoms with van der Waals surface area (Å²) in [6.45, 7) is 1.98. The highest BCUT2D eigenvalue weighted by molar-refractivity contribution is 6.32. The van der Waals surface area contributed by atoms with Crippen molar-refractivity contribution >= 4 is 23.2 Å². The standard InChI is InChI=1S/C14H14ClN5O/c15-13-12(18-11-3-1-2-5-20(11)13)14(21)17-7-10-4-6-19(8-10)9-16/h1-3,5,10H,4,6-8H2,(H,17,21)/t10-/m1/s1. The number of pyridine rings is 1. The third-order valence-electron chi connectivity index (χ3n) is 3.67. The van der Waals surface area contributed by atoms with Crippen molar-refractivity contribution < 1.29 is 4.79 Å². The number of amides is 1. The number of rotatable bonds is 3. The second-order valence-electron chi connectivity index (χ2n) is 5.09. The topological polar surface area (TPSA) is 73.4 Å². The van der Waals surface area contributed by atoms with Crippen LogP contribution >= 0.6 is 11.6 Å². The summed E-state index contributed by atoms with van der Waals surface area (Å²) in [4.78, 5) is 18.1. The number of imidazole rings is 1. The number of carbonyl (C=O) groups is 1. The van der Waals surface area contributed by atoms with Gasteiger partial charge in [0.15, 0.2) is 11.9 Å². The Balaban J connectivity index is 1.67. The lowest BCUT2D eigenvalue weighted by Gasteiger charge is -2.10. The average molecular weight is 304 g/mol. The molecule has 21 heavy (non-hydrogen) atoms. The molecule has 1 N–H and O–H groups in total. The van der Waals surface area contributed by atoms with Crippen LogP contribution in [0.25, 0.3) is 5.65 Å². The van der Waals surface area contributed by atoms with Crippen LogP contribution in [0.15, 0.2) is 24.4 Å². The monoisotopic (exact) mass is 303 g/mol. The summed E-state index contributed by atoms with van der Waals surface area (Å²) in [5.41, 5.74) is 0.877. The molecule has 1 atom stereocenters. The minimum atomic E-state index is -0.279. The van der Waals surface area contributed by atoms with Crippen molar-refractivity contribution in [2.24, 2.45) is 5.92 Å². The molecule has 0 saturated carbocycles. The SMILES string of the molecule is N#CN1CC[C@H](CNC(=O)c2nc3ccccn3c2Cl)C1. The molecule has 3 heterocycles. The van der Waals surface area contributed by atoms with Gasteiger partial charge in [0.2, 0.25) is 0 Å². The molecular weight excluding hydrogens is 290 g/mol. The minimum Gasteiger partial charge on any atom is -0.350 e. The highest BCUT2D eigenvalue weighted by atomic mass is 35.5. The Morgan fingerprint density at radius 3 is 3.14 bits per heavy atom. The van der Waals surface area contributed by atoms with Gasteiger partial charge >= 0.3 is 0 Å². The molecule has 3 rings (SSSR count). The molecule has 0 spiro atoms. The van der Waals surface area contributed by atoms with Gasteiger partial charge in [-0.25, -0.2) is 4.98 Å². The first-order valence-electron chi connectivity index (χ1n) is 6.74. The molecule has 0 bridgehead atoms. The van der Waals surface area contributed by atoms with E-state index in [1.807, 2.05) is 12.1 Å². The lowest BCUT2D eigenvalue weighted by molar-refractivity contribution is 0.0943. The van der Waals surface area contributed by atoms with E-state index in [0.29, 0.717) is 29.8 Å². The fourth-order valence-electron chi connectivity index (χ4n) is 2.52. The Hall–Kier alpha value is -2.26. The van der Waals surface area contributed by atoms with Crippen LogP contribution in [0, 0.1) is 17.4 Å². The van der Waals surface area contributed by atoms with E-state index >= 15 is 0 Å². The number of nitrogens with zero attached hydrogens (tertiary/aromatic N) is 4. The van der Waals surface area contributed by atoms with E-state index in [1.54, 1.807) is 21.6 Å². The molecule has 1 aliphatic heterocycles. The van der Waals surface area contributed by atoms with Gasteiger partial charge in [-0.05, 0) is 24.5 Å². The van der Waals surface area contributed by atoms with E-state index in [-0.39, 0.29) is 11.6 Å². The normalized spacial score (nSPS) is 17.9. The molecule has 2 aromatic rings. The number of carbonyl (C=O) groups excluding carboxylic acids is 1. The zero-order valence-electron chi connectivity index (χ0n) is 11.3. The van der Waals surface area contributed by atoms with Crippen LogP contribution in [0.2, 0.25) is 5.15 Å². The first-order valence-corrected chi connectivity index (χ1v) is 7.12. The quantitative estimate of drug-likeness (QED) is 0.873. The fourth-order valence-corrected chi connectivity index (χ4v) is 2.79. The van der Waals surface area contributed by atoms with Gasteiger partial charge in [-0.15, -0.1) is 0 Å². The lowest BCUT2D eigenvalue weighted by atomic mass is 10.1. The largest absolute Gasteiger partial charge is 0.350 e. The van der Waals surface area contributed by atoms with Crippen molar-refractivity contribution in [2.45, 2.75) is 6.42 Å².